The smallest absolute Gasteiger partial charge is 0.284 e. The van der Waals surface area contributed by atoms with Crippen molar-refractivity contribution < 1.29 is 13.2 Å². The summed E-state index contributed by atoms with van der Waals surface area (Å²) in [6, 6.07) is 0. The maximum absolute atomic E-state index is 12.4. The van der Waals surface area contributed by atoms with Crippen molar-refractivity contribution in [3.05, 3.63) is 6.42 Å². The summed E-state index contributed by atoms with van der Waals surface area (Å²) in [4.78, 5) is 4.24. The fourth-order valence-electron chi connectivity index (χ4n) is 2.11. The van der Waals surface area contributed by atoms with Crippen molar-refractivity contribution >= 4 is 27.5 Å². The third-order valence-corrected chi connectivity index (χ3v) is 6.82. The van der Waals surface area contributed by atoms with Crippen molar-refractivity contribution in [1.29, 1.82) is 0 Å². The van der Waals surface area contributed by atoms with E-state index in [1.165, 1.54) is 0 Å². The molecule has 1 aliphatic carbocycles. The molecular weight excluding hydrogens is 271 g/mol. The Morgan fingerprint density at radius 1 is 1.59 bits per heavy atom. The first-order valence-electron chi connectivity index (χ1n) is 5.58. The van der Waals surface area contributed by atoms with Gasteiger partial charge in [-0.3, -0.25) is 4.99 Å². The zero-order valence-corrected chi connectivity index (χ0v) is 11.4. The summed E-state index contributed by atoms with van der Waals surface area (Å²) in [5, 5.41) is -0.619. The van der Waals surface area contributed by atoms with Crippen LogP contribution in [0.25, 0.3) is 0 Å². The number of alkyl halides is 4. The molecule has 0 saturated heterocycles. The Morgan fingerprint density at radius 3 is 2.65 bits per heavy atom. The molecule has 0 spiro atoms. The minimum atomic E-state index is -4.32. The Kier molecular flexibility index (Phi) is 3.45. The SMILES string of the molecule is CC1(C)[CH]C1[SH]1CCN=C1CC(Cl)C(F)(F)F. The van der Waals surface area contributed by atoms with Gasteiger partial charge in [0.15, 0.2) is 0 Å². The van der Waals surface area contributed by atoms with Gasteiger partial charge in [0.25, 0.3) is 0 Å². The topological polar surface area (TPSA) is 12.4 Å². The standard InChI is InChI=1S/C11H16ClF3NS/c1-10(2)6-8(10)17-4-3-16-9(17)5-7(12)11(13,14)15/h6-8,17H,3-5H2,1-2H3. The van der Waals surface area contributed by atoms with Gasteiger partial charge in [-0.2, -0.15) is 13.2 Å². The van der Waals surface area contributed by atoms with Crippen molar-refractivity contribution in [3.8, 4) is 0 Å². The first-order chi connectivity index (χ1) is 7.72. The van der Waals surface area contributed by atoms with Gasteiger partial charge in [-0.25, -0.2) is 10.9 Å². The maximum atomic E-state index is 12.4. The summed E-state index contributed by atoms with van der Waals surface area (Å²) in [5.74, 6) is 0.927. The normalized spacial score (nSPS) is 35.5. The van der Waals surface area contributed by atoms with E-state index in [4.69, 9.17) is 11.6 Å². The van der Waals surface area contributed by atoms with Gasteiger partial charge in [-0.15, -0.1) is 11.6 Å². The summed E-state index contributed by atoms with van der Waals surface area (Å²) >= 11 is 5.39. The molecule has 3 atom stereocenters. The molecule has 2 aliphatic rings. The third kappa shape index (κ3) is 2.92. The van der Waals surface area contributed by atoms with Gasteiger partial charge < -0.3 is 0 Å². The molecule has 1 nitrogen and oxygen atoms in total. The van der Waals surface area contributed by atoms with Crippen LogP contribution < -0.4 is 0 Å². The molecule has 0 aromatic carbocycles. The Balaban J connectivity index is 1.97. The number of thiol groups is 1. The Morgan fingerprint density at radius 2 is 2.18 bits per heavy atom. The van der Waals surface area contributed by atoms with Crippen molar-refractivity contribution in [2.24, 2.45) is 10.4 Å². The van der Waals surface area contributed by atoms with Crippen LogP contribution in [-0.2, 0) is 0 Å². The van der Waals surface area contributed by atoms with Crippen LogP contribution in [0.1, 0.15) is 20.3 Å². The largest absolute Gasteiger partial charge is 0.405 e. The lowest BCUT2D eigenvalue weighted by molar-refractivity contribution is -0.128. The van der Waals surface area contributed by atoms with E-state index in [9.17, 15) is 13.2 Å². The molecule has 1 saturated carbocycles. The van der Waals surface area contributed by atoms with Crippen LogP contribution >= 0.6 is 22.5 Å². The van der Waals surface area contributed by atoms with Gasteiger partial charge in [-0.05, 0) is 17.6 Å². The fourth-order valence-corrected chi connectivity index (χ4v) is 5.61. The van der Waals surface area contributed by atoms with E-state index in [2.05, 4.69) is 25.3 Å². The molecule has 3 unspecified atom stereocenters. The van der Waals surface area contributed by atoms with Gasteiger partial charge in [0.1, 0.15) is 5.38 Å². The first-order valence-corrected chi connectivity index (χ1v) is 7.62. The predicted octanol–water partition coefficient (Wildman–Crippen LogP) is 3.57. The second kappa shape index (κ2) is 4.34. The lowest BCUT2D eigenvalue weighted by Gasteiger charge is -2.22. The Labute approximate surface area is 107 Å². The molecule has 0 aromatic heterocycles. The van der Waals surface area contributed by atoms with Gasteiger partial charge >= 0.3 is 6.18 Å². The lowest BCUT2D eigenvalue weighted by atomic mass is 10.2. The minimum absolute atomic E-state index is 0.128. The Bertz CT molecular complexity index is 340. The predicted molar refractivity (Wildman–Crippen MR) is 68.3 cm³/mol. The molecule has 1 aliphatic heterocycles. The van der Waals surface area contributed by atoms with E-state index in [1.54, 1.807) is 0 Å². The van der Waals surface area contributed by atoms with Crippen LogP contribution in [0, 0.1) is 11.8 Å². The zero-order valence-electron chi connectivity index (χ0n) is 9.76. The summed E-state index contributed by atoms with van der Waals surface area (Å²) in [5.41, 5.74) is 0.177. The molecule has 1 radical (unpaired) electrons. The van der Waals surface area contributed by atoms with Crippen molar-refractivity contribution in [3.63, 3.8) is 0 Å². The summed E-state index contributed by atoms with van der Waals surface area (Å²) in [6.45, 7) is 4.92. The van der Waals surface area contributed by atoms with E-state index < -0.39 is 22.4 Å². The molecule has 0 bridgehead atoms. The van der Waals surface area contributed by atoms with Gasteiger partial charge in [0.05, 0.1) is 5.04 Å². The lowest BCUT2D eigenvalue weighted by Crippen LogP contribution is -2.26. The number of hydrogen-bond acceptors (Lipinski definition) is 1. The average Bonchev–Trinajstić information content (AvgIpc) is 2.60. The molecule has 2 rings (SSSR count). The quantitative estimate of drug-likeness (QED) is 0.601. The summed E-state index contributed by atoms with van der Waals surface area (Å²) in [7, 11) is -0.514. The van der Waals surface area contributed by atoms with Crippen LogP contribution in [0.3, 0.4) is 0 Å². The number of nitrogens with zero attached hydrogens (tertiary/aromatic N) is 1. The molecule has 17 heavy (non-hydrogen) atoms. The monoisotopic (exact) mass is 286 g/mol. The third-order valence-electron chi connectivity index (χ3n) is 3.26. The van der Waals surface area contributed by atoms with Crippen LogP contribution in [0.5, 0.6) is 0 Å². The molecule has 1 heterocycles. The van der Waals surface area contributed by atoms with E-state index in [0.717, 1.165) is 10.8 Å². The second-order valence-electron chi connectivity index (χ2n) is 5.14. The average molecular weight is 287 g/mol. The van der Waals surface area contributed by atoms with Gasteiger partial charge in [0, 0.05) is 18.2 Å². The van der Waals surface area contributed by atoms with Crippen molar-refractivity contribution in [1.82, 2.24) is 0 Å². The van der Waals surface area contributed by atoms with Crippen LogP contribution in [-0.4, -0.2) is 34.1 Å². The van der Waals surface area contributed by atoms with Crippen molar-refractivity contribution in [2.75, 3.05) is 12.3 Å². The Hall–Kier alpha value is 0.1000. The van der Waals surface area contributed by atoms with Crippen LogP contribution in [0.15, 0.2) is 4.99 Å². The number of hydrogen-bond donors (Lipinski definition) is 1. The molecule has 99 valence electrons. The molecular formula is C11H16ClF3NS. The highest BCUT2D eigenvalue weighted by molar-refractivity contribution is 8.31. The van der Waals surface area contributed by atoms with E-state index in [0.29, 0.717) is 11.8 Å². The number of rotatable bonds is 3. The van der Waals surface area contributed by atoms with Gasteiger partial charge in [-0.1, -0.05) is 13.8 Å². The first kappa shape index (κ1) is 13.5. The molecule has 0 amide bonds. The van der Waals surface area contributed by atoms with Crippen LogP contribution in [0.4, 0.5) is 13.2 Å². The molecule has 1 fully saturated rings. The maximum Gasteiger partial charge on any atom is 0.405 e. The highest BCUT2D eigenvalue weighted by Gasteiger charge is 2.51. The fraction of sp³-hybridized carbons (Fsp3) is 0.818. The zero-order chi connectivity index (χ0) is 12.8. The summed E-state index contributed by atoms with van der Waals surface area (Å²) < 4.78 is 37.2. The molecule has 0 N–H and O–H groups in total. The van der Waals surface area contributed by atoms with Gasteiger partial charge in [0.2, 0.25) is 0 Å². The second-order valence-corrected chi connectivity index (χ2v) is 8.12. The number of aliphatic imine (C=N–C) groups is 1. The summed E-state index contributed by atoms with van der Waals surface area (Å²) in [6.07, 6.45) is -2.23. The van der Waals surface area contributed by atoms with E-state index in [1.807, 2.05) is 0 Å². The number of halogens is 4. The van der Waals surface area contributed by atoms with E-state index >= 15 is 0 Å². The molecule has 0 aromatic rings. The minimum Gasteiger partial charge on any atom is -0.284 e. The highest BCUT2D eigenvalue weighted by atomic mass is 35.5. The van der Waals surface area contributed by atoms with E-state index in [-0.39, 0.29) is 11.8 Å². The molecule has 6 heteroatoms. The van der Waals surface area contributed by atoms with Crippen LogP contribution in [0.2, 0.25) is 0 Å². The van der Waals surface area contributed by atoms with Crippen molar-refractivity contribution in [2.45, 2.75) is 37.1 Å². The highest BCUT2D eigenvalue weighted by Crippen LogP contribution is 2.61.